The number of hydrogen-bond donors (Lipinski definition) is 1. The SMILES string of the molecule is CSc1ccccc1NC(=O)c1cnccc1Cl. The van der Waals surface area contributed by atoms with Gasteiger partial charge in [0, 0.05) is 17.3 Å². The number of rotatable bonds is 3. The van der Waals surface area contributed by atoms with Crippen molar-refractivity contribution < 1.29 is 4.79 Å². The van der Waals surface area contributed by atoms with E-state index in [0.717, 1.165) is 10.6 Å². The van der Waals surface area contributed by atoms with Crippen LogP contribution in [0.4, 0.5) is 5.69 Å². The van der Waals surface area contributed by atoms with Crippen molar-refractivity contribution >= 4 is 35.0 Å². The molecule has 2 rings (SSSR count). The molecule has 92 valence electrons. The van der Waals surface area contributed by atoms with E-state index >= 15 is 0 Å². The molecule has 5 heteroatoms. The Bertz CT molecular complexity index is 574. The zero-order valence-corrected chi connectivity index (χ0v) is 11.3. The molecule has 0 aliphatic carbocycles. The lowest BCUT2D eigenvalue weighted by Crippen LogP contribution is -2.13. The van der Waals surface area contributed by atoms with E-state index in [1.165, 1.54) is 6.20 Å². The molecule has 0 unspecified atom stereocenters. The van der Waals surface area contributed by atoms with Crippen LogP contribution >= 0.6 is 23.4 Å². The number of para-hydroxylation sites is 1. The van der Waals surface area contributed by atoms with Gasteiger partial charge in [-0.15, -0.1) is 11.8 Å². The van der Waals surface area contributed by atoms with Gasteiger partial charge in [-0.25, -0.2) is 0 Å². The smallest absolute Gasteiger partial charge is 0.258 e. The first kappa shape index (κ1) is 12.9. The fourth-order valence-corrected chi connectivity index (χ4v) is 2.23. The summed E-state index contributed by atoms with van der Waals surface area (Å²) in [7, 11) is 0. The van der Waals surface area contributed by atoms with E-state index in [-0.39, 0.29) is 5.91 Å². The summed E-state index contributed by atoms with van der Waals surface area (Å²) in [4.78, 5) is 17.0. The van der Waals surface area contributed by atoms with Gasteiger partial charge in [-0.05, 0) is 24.5 Å². The molecule has 1 amide bonds. The summed E-state index contributed by atoms with van der Waals surface area (Å²) in [6.45, 7) is 0. The third-order valence-corrected chi connectivity index (χ3v) is 3.49. The molecule has 0 saturated heterocycles. The maximum atomic E-state index is 12.1. The lowest BCUT2D eigenvalue weighted by molar-refractivity contribution is 0.102. The number of carbonyl (C=O) groups is 1. The summed E-state index contributed by atoms with van der Waals surface area (Å²) in [6, 6.07) is 9.20. The molecule has 18 heavy (non-hydrogen) atoms. The Hall–Kier alpha value is -1.52. The molecule has 1 aromatic carbocycles. The summed E-state index contributed by atoms with van der Waals surface area (Å²) in [6.07, 6.45) is 4.97. The van der Waals surface area contributed by atoms with Gasteiger partial charge in [0.15, 0.2) is 0 Å². The summed E-state index contributed by atoms with van der Waals surface area (Å²) in [5.41, 5.74) is 1.14. The largest absolute Gasteiger partial charge is 0.321 e. The number of benzene rings is 1. The van der Waals surface area contributed by atoms with Crippen LogP contribution in [0.3, 0.4) is 0 Å². The normalized spacial score (nSPS) is 10.1. The molecule has 0 aliphatic heterocycles. The van der Waals surface area contributed by atoms with Crippen LogP contribution in [0.5, 0.6) is 0 Å². The summed E-state index contributed by atoms with van der Waals surface area (Å²) in [5, 5.41) is 3.23. The molecule has 2 aromatic rings. The number of pyridine rings is 1. The highest BCUT2D eigenvalue weighted by Gasteiger charge is 2.11. The van der Waals surface area contributed by atoms with Gasteiger partial charge in [0.2, 0.25) is 0 Å². The maximum absolute atomic E-state index is 12.1. The molecule has 0 fully saturated rings. The maximum Gasteiger partial charge on any atom is 0.258 e. The number of anilines is 1. The van der Waals surface area contributed by atoms with Crippen molar-refractivity contribution in [3.8, 4) is 0 Å². The molecule has 0 spiro atoms. The van der Waals surface area contributed by atoms with Crippen molar-refractivity contribution in [2.24, 2.45) is 0 Å². The molecule has 0 saturated carbocycles. The van der Waals surface area contributed by atoms with Gasteiger partial charge in [-0.2, -0.15) is 0 Å². The van der Waals surface area contributed by atoms with Gasteiger partial charge in [0.1, 0.15) is 0 Å². The van der Waals surface area contributed by atoms with Gasteiger partial charge in [0.05, 0.1) is 16.3 Å². The second-order valence-electron chi connectivity index (χ2n) is 3.51. The number of nitrogens with one attached hydrogen (secondary N) is 1. The summed E-state index contributed by atoms with van der Waals surface area (Å²) < 4.78 is 0. The Labute approximate surface area is 115 Å². The van der Waals surface area contributed by atoms with Crippen molar-refractivity contribution in [2.75, 3.05) is 11.6 Å². The van der Waals surface area contributed by atoms with Crippen molar-refractivity contribution in [2.45, 2.75) is 4.90 Å². The molecule has 3 nitrogen and oxygen atoms in total. The van der Waals surface area contributed by atoms with Gasteiger partial charge < -0.3 is 5.32 Å². The number of halogens is 1. The fraction of sp³-hybridized carbons (Fsp3) is 0.0769. The topological polar surface area (TPSA) is 42.0 Å². The third-order valence-electron chi connectivity index (χ3n) is 2.37. The minimum Gasteiger partial charge on any atom is -0.321 e. The molecule has 0 radical (unpaired) electrons. The number of amides is 1. The third kappa shape index (κ3) is 2.83. The molecule has 0 atom stereocenters. The lowest BCUT2D eigenvalue weighted by atomic mass is 10.2. The van der Waals surface area contributed by atoms with Crippen LogP contribution in [0.1, 0.15) is 10.4 Å². The molecular formula is C13H11ClN2OS. The number of carbonyl (C=O) groups excluding carboxylic acids is 1. The zero-order chi connectivity index (χ0) is 13.0. The molecule has 1 heterocycles. The Balaban J connectivity index is 2.24. The molecule has 0 bridgehead atoms. The van der Waals surface area contributed by atoms with Crippen LogP contribution in [0.2, 0.25) is 5.02 Å². The van der Waals surface area contributed by atoms with Gasteiger partial charge in [-0.1, -0.05) is 23.7 Å². The first-order valence-electron chi connectivity index (χ1n) is 5.26. The Morgan fingerprint density at radius 3 is 2.83 bits per heavy atom. The minimum absolute atomic E-state index is 0.255. The van der Waals surface area contributed by atoms with Crippen LogP contribution in [-0.4, -0.2) is 17.1 Å². The van der Waals surface area contributed by atoms with Crippen molar-refractivity contribution in [3.63, 3.8) is 0 Å². The predicted octanol–water partition coefficient (Wildman–Crippen LogP) is 3.71. The van der Waals surface area contributed by atoms with Crippen LogP contribution < -0.4 is 5.32 Å². The van der Waals surface area contributed by atoms with E-state index in [2.05, 4.69) is 10.3 Å². The van der Waals surface area contributed by atoms with E-state index in [0.29, 0.717) is 10.6 Å². The lowest BCUT2D eigenvalue weighted by Gasteiger charge is -2.09. The predicted molar refractivity (Wildman–Crippen MR) is 75.4 cm³/mol. The van der Waals surface area contributed by atoms with Gasteiger partial charge in [0.25, 0.3) is 5.91 Å². The van der Waals surface area contributed by atoms with Crippen molar-refractivity contribution in [1.29, 1.82) is 0 Å². The van der Waals surface area contributed by atoms with Crippen LogP contribution in [0.25, 0.3) is 0 Å². The first-order valence-corrected chi connectivity index (χ1v) is 6.86. The van der Waals surface area contributed by atoms with E-state index in [9.17, 15) is 4.79 Å². The van der Waals surface area contributed by atoms with Crippen molar-refractivity contribution in [1.82, 2.24) is 4.98 Å². The molecular weight excluding hydrogens is 268 g/mol. The molecule has 1 N–H and O–H groups in total. The number of hydrogen-bond acceptors (Lipinski definition) is 3. The highest BCUT2D eigenvalue weighted by Crippen LogP contribution is 2.25. The van der Waals surface area contributed by atoms with E-state index in [1.54, 1.807) is 24.0 Å². The van der Waals surface area contributed by atoms with Gasteiger partial charge in [-0.3, -0.25) is 9.78 Å². The zero-order valence-electron chi connectivity index (χ0n) is 9.68. The summed E-state index contributed by atoms with van der Waals surface area (Å²) >= 11 is 7.53. The number of nitrogens with zero attached hydrogens (tertiary/aromatic N) is 1. The second kappa shape index (κ2) is 5.89. The van der Waals surface area contributed by atoms with Crippen molar-refractivity contribution in [3.05, 3.63) is 53.3 Å². The first-order chi connectivity index (χ1) is 8.72. The standard InChI is InChI=1S/C13H11ClN2OS/c1-18-12-5-3-2-4-11(12)16-13(17)9-8-15-7-6-10(9)14/h2-8H,1H3,(H,16,17). The second-order valence-corrected chi connectivity index (χ2v) is 4.77. The van der Waals surface area contributed by atoms with E-state index in [4.69, 9.17) is 11.6 Å². The Morgan fingerprint density at radius 2 is 2.11 bits per heavy atom. The highest BCUT2D eigenvalue weighted by atomic mass is 35.5. The summed E-state index contributed by atoms with van der Waals surface area (Å²) in [5.74, 6) is -0.255. The minimum atomic E-state index is -0.255. The molecule has 0 aliphatic rings. The Morgan fingerprint density at radius 1 is 1.33 bits per heavy atom. The highest BCUT2D eigenvalue weighted by molar-refractivity contribution is 7.98. The average molecular weight is 279 g/mol. The monoisotopic (exact) mass is 278 g/mol. The average Bonchev–Trinajstić information content (AvgIpc) is 2.39. The van der Waals surface area contributed by atoms with Crippen LogP contribution in [0, 0.1) is 0 Å². The molecule has 1 aromatic heterocycles. The number of thioether (sulfide) groups is 1. The van der Waals surface area contributed by atoms with E-state index < -0.39 is 0 Å². The fourth-order valence-electron chi connectivity index (χ4n) is 1.48. The van der Waals surface area contributed by atoms with Crippen LogP contribution in [0.15, 0.2) is 47.6 Å². The van der Waals surface area contributed by atoms with Crippen LogP contribution in [-0.2, 0) is 0 Å². The number of aromatic nitrogens is 1. The quantitative estimate of drug-likeness (QED) is 0.870. The van der Waals surface area contributed by atoms with E-state index in [1.807, 2.05) is 30.5 Å². The van der Waals surface area contributed by atoms with Gasteiger partial charge >= 0.3 is 0 Å². The Kier molecular flexibility index (Phi) is 4.23.